The number of hydrogen-bond acceptors (Lipinski definition) is 2. The molecule has 90 valence electrons. The second kappa shape index (κ2) is 5.83. The zero-order valence-corrected chi connectivity index (χ0v) is 9.77. The minimum Gasteiger partial charge on any atom is -0.488 e. The summed E-state index contributed by atoms with van der Waals surface area (Å²) in [5.74, 6) is 0.0696. The Kier molecular flexibility index (Phi) is 3.93. The van der Waals surface area contributed by atoms with Crippen molar-refractivity contribution >= 4 is 0 Å². The van der Waals surface area contributed by atoms with E-state index in [9.17, 15) is 4.39 Å². The van der Waals surface area contributed by atoms with Gasteiger partial charge >= 0.3 is 0 Å². The third-order valence-corrected chi connectivity index (χ3v) is 2.54. The van der Waals surface area contributed by atoms with Crippen LogP contribution in [0.15, 0.2) is 48.5 Å². The van der Waals surface area contributed by atoms with E-state index in [0.29, 0.717) is 17.9 Å². The number of halogens is 1. The lowest BCUT2D eigenvalue weighted by atomic mass is 10.1. The van der Waals surface area contributed by atoms with Gasteiger partial charge in [-0.05, 0) is 11.6 Å². The molecule has 2 aromatic carbocycles. The van der Waals surface area contributed by atoms with E-state index in [1.165, 1.54) is 12.1 Å². The third-order valence-electron chi connectivity index (χ3n) is 2.54. The first-order valence-corrected chi connectivity index (χ1v) is 5.61. The molecule has 18 heavy (non-hydrogen) atoms. The summed E-state index contributed by atoms with van der Waals surface area (Å²) < 4.78 is 18.7. The number of hydrogen-bond donors (Lipinski definition) is 0. The Hall–Kier alpha value is -2.34. The quantitative estimate of drug-likeness (QED) is 0.821. The van der Waals surface area contributed by atoms with E-state index in [1.54, 1.807) is 6.07 Å². The molecule has 2 nitrogen and oxygen atoms in total. The van der Waals surface area contributed by atoms with Crippen molar-refractivity contribution in [2.45, 2.75) is 13.0 Å². The second-order valence-corrected chi connectivity index (χ2v) is 3.86. The normalized spacial score (nSPS) is 9.78. The molecule has 0 unspecified atom stereocenters. The molecular weight excluding hydrogens is 229 g/mol. The Morgan fingerprint density at radius 3 is 2.61 bits per heavy atom. The summed E-state index contributed by atoms with van der Waals surface area (Å²) in [4.78, 5) is 0. The van der Waals surface area contributed by atoms with E-state index in [2.05, 4.69) is 0 Å². The van der Waals surface area contributed by atoms with Gasteiger partial charge in [0.25, 0.3) is 0 Å². The molecule has 0 spiro atoms. The summed E-state index contributed by atoms with van der Waals surface area (Å²) in [5, 5.41) is 8.70. The molecule has 0 bridgehead atoms. The van der Waals surface area contributed by atoms with Crippen molar-refractivity contribution in [3.05, 3.63) is 65.5 Å². The van der Waals surface area contributed by atoms with Crippen LogP contribution in [0.1, 0.15) is 11.1 Å². The van der Waals surface area contributed by atoms with E-state index in [0.717, 1.165) is 5.56 Å². The fraction of sp³-hybridized carbons (Fsp3) is 0.133. The molecule has 0 N–H and O–H groups in total. The molecule has 0 aliphatic rings. The van der Waals surface area contributed by atoms with Crippen LogP contribution in [-0.2, 0) is 13.0 Å². The van der Waals surface area contributed by atoms with Gasteiger partial charge < -0.3 is 4.74 Å². The van der Waals surface area contributed by atoms with Crippen LogP contribution >= 0.6 is 0 Å². The minimum absolute atomic E-state index is 0.213. The number of benzene rings is 2. The zero-order valence-electron chi connectivity index (χ0n) is 9.77. The van der Waals surface area contributed by atoms with Gasteiger partial charge in [-0.15, -0.1) is 0 Å². The molecule has 0 saturated heterocycles. The van der Waals surface area contributed by atoms with Crippen LogP contribution in [-0.4, -0.2) is 0 Å². The lowest BCUT2D eigenvalue weighted by Gasteiger charge is -2.10. The average Bonchev–Trinajstić information content (AvgIpc) is 2.40. The molecule has 2 rings (SSSR count). The second-order valence-electron chi connectivity index (χ2n) is 3.86. The third kappa shape index (κ3) is 3.08. The fourth-order valence-corrected chi connectivity index (χ4v) is 1.63. The standard InChI is InChI=1S/C15H12FNO/c16-14-7-6-13(8-9-17)15(10-14)18-11-12-4-2-1-3-5-12/h1-7,10H,8,11H2. The molecule has 0 amide bonds. The predicted octanol–water partition coefficient (Wildman–Crippen LogP) is 3.47. The summed E-state index contributed by atoms with van der Waals surface area (Å²) >= 11 is 0. The number of ether oxygens (including phenoxy) is 1. The van der Waals surface area contributed by atoms with Crippen LogP contribution in [0.25, 0.3) is 0 Å². The van der Waals surface area contributed by atoms with Gasteiger partial charge in [-0.25, -0.2) is 4.39 Å². The molecule has 0 saturated carbocycles. The van der Waals surface area contributed by atoms with Gasteiger partial charge in [0.15, 0.2) is 0 Å². The largest absolute Gasteiger partial charge is 0.488 e. The lowest BCUT2D eigenvalue weighted by Crippen LogP contribution is -1.99. The maximum Gasteiger partial charge on any atom is 0.126 e. The Morgan fingerprint density at radius 2 is 1.89 bits per heavy atom. The number of nitrogens with zero attached hydrogens (tertiary/aromatic N) is 1. The van der Waals surface area contributed by atoms with Gasteiger partial charge in [-0.2, -0.15) is 5.26 Å². The van der Waals surface area contributed by atoms with Gasteiger partial charge in [0.1, 0.15) is 18.2 Å². The van der Waals surface area contributed by atoms with Crippen molar-refractivity contribution in [2.24, 2.45) is 0 Å². The van der Waals surface area contributed by atoms with Crippen LogP contribution in [0.3, 0.4) is 0 Å². The zero-order chi connectivity index (χ0) is 12.8. The van der Waals surface area contributed by atoms with E-state index in [4.69, 9.17) is 10.00 Å². The van der Waals surface area contributed by atoms with E-state index < -0.39 is 0 Å². The smallest absolute Gasteiger partial charge is 0.126 e. The van der Waals surface area contributed by atoms with Crippen LogP contribution in [0.5, 0.6) is 5.75 Å². The van der Waals surface area contributed by atoms with Crippen molar-refractivity contribution < 1.29 is 9.13 Å². The lowest BCUT2D eigenvalue weighted by molar-refractivity contribution is 0.302. The molecule has 0 radical (unpaired) electrons. The molecule has 0 aliphatic heterocycles. The highest BCUT2D eigenvalue weighted by Gasteiger charge is 2.05. The molecular formula is C15H12FNO. The minimum atomic E-state index is -0.361. The summed E-state index contributed by atoms with van der Waals surface area (Å²) in [6, 6.07) is 15.9. The Morgan fingerprint density at radius 1 is 1.11 bits per heavy atom. The highest BCUT2D eigenvalue weighted by Crippen LogP contribution is 2.21. The van der Waals surface area contributed by atoms with Crippen LogP contribution in [0.2, 0.25) is 0 Å². The van der Waals surface area contributed by atoms with Crippen molar-refractivity contribution in [1.82, 2.24) is 0 Å². The number of rotatable bonds is 4. The van der Waals surface area contributed by atoms with Gasteiger partial charge in [-0.3, -0.25) is 0 Å². The van der Waals surface area contributed by atoms with Crippen LogP contribution in [0.4, 0.5) is 4.39 Å². The van der Waals surface area contributed by atoms with E-state index >= 15 is 0 Å². The van der Waals surface area contributed by atoms with Crippen molar-refractivity contribution in [2.75, 3.05) is 0 Å². The molecule has 0 atom stereocenters. The molecule has 3 heteroatoms. The molecule has 2 aromatic rings. The molecule has 0 aromatic heterocycles. The SMILES string of the molecule is N#CCc1ccc(F)cc1OCc1ccccc1. The van der Waals surface area contributed by atoms with E-state index in [-0.39, 0.29) is 12.2 Å². The van der Waals surface area contributed by atoms with E-state index in [1.807, 2.05) is 36.4 Å². The highest BCUT2D eigenvalue weighted by molar-refractivity contribution is 5.36. The monoisotopic (exact) mass is 241 g/mol. The topological polar surface area (TPSA) is 33.0 Å². The predicted molar refractivity (Wildman–Crippen MR) is 66.5 cm³/mol. The first-order valence-electron chi connectivity index (χ1n) is 5.61. The van der Waals surface area contributed by atoms with Gasteiger partial charge in [0.2, 0.25) is 0 Å². The molecule has 0 heterocycles. The first kappa shape index (κ1) is 12.1. The van der Waals surface area contributed by atoms with Gasteiger partial charge in [0.05, 0.1) is 12.5 Å². The van der Waals surface area contributed by atoms with Crippen molar-refractivity contribution in [3.8, 4) is 11.8 Å². The van der Waals surface area contributed by atoms with Crippen LogP contribution in [0, 0.1) is 17.1 Å². The molecule has 0 aliphatic carbocycles. The Labute approximate surface area is 105 Å². The summed E-state index contributed by atoms with van der Waals surface area (Å²) in [5.41, 5.74) is 1.71. The summed E-state index contributed by atoms with van der Waals surface area (Å²) in [7, 11) is 0. The average molecular weight is 241 g/mol. The Bertz CT molecular complexity index is 560. The maximum absolute atomic E-state index is 13.2. The fourth-order valence-electron chi connectivity index (χ4n) is 1.63. The summed E-state index contributed by atoms with van der Waals surface area (Å²) in [6.45, 7) is 0.364. The van der Waals surface area contributed by atoms with Gasteiger partial charge in [-0.1, -0.05) is 36.4 Å². The van der Waals surface area contributed by atoms with Crippen molar-refractivity contribution in [1.29, 1.82) is 5.26 Å². The summed E-state index contributed by atoms with van der Waals surface area (Å²) in [6.07, 6.45) is 0.213. The maximum atomic E-state index is 13.2. The van der Waals surface area contributed by atoms with Crippen LogP contribution < -0.4 is 4.74 Å². The highest BCUT2D eigenvalue weighted by atomic mass is 19.1. The first-order chi connectivity index (χ1) is 8.79. The number of nitriles is 1. The molecule has 0 fully saturated rings. The Balaban J connectivity index is 2.13. The van der Waals surface area contributed by atoms with Crippen molar-refractivity contribution in [3.63, 3.8) is 0 Å². The van der Waals surface area contributed by atoms with Gasteiger partial charge in [0, 0.05) is 11.6 Å².